The Kier molecular flexibility index (Phi) is 3.62. The second-order valence-corrected chi connectivity index (χ2v) is 4.21. The molecular formula is C10H15N3O5. The number of aliphatic hydroxyl groups excluding tert-OH is 3. The van der Waals surface area contributed by atoms with E-state index in [1.165, 1.54) is 12.3 Å². The minimum Gasteiger partial charge on any atom is -0.388 e. The molecule has 8 heteroatoms. The molecule has 1 aliphatic heterocycles. The molecule has 100 valence electrons. The van der Waals surface area contributed by atoms with Crippen molar-refractivity contribution in [1.29, 1.82) is 0 Å². The van der Waals surface area contributed by atoms with Gasteiger partial charge in [-0.3, -0.25) is 4.57 Å². The maximum absolute atomic E-state index is 11.4. The van der Waals surface area contributed by atoms with Gasteiger partial charge in [0, 0.05) is 6.20 Å². The normalized spacial score (nSPS) is 29.4. The van der Waals surface area contributed by atoms with Gasteiger partial charge in [-0.15, -0.1) is 0 Å². The Hall–Kier alpha value is -1.48. The number of hydrogen-bond acceptors (Lipinski definition) is 7. The van der Waals surface area contributed by atoms with Crippen LogP contribution in [0, 0.1) is 0 Å². The topological polar surface area (TPSA) is 131 Å². The monoisotopic (exact) mass is 257 g/mol. The summed E-state index contributed by atoms with van der Waals surface area (Å²) in [5.41, 5.74) is 4.74. The second kappa shape index (κ2) is 5.02. The van der Waals surface area contributed by atoms with Gasteiger partial charge in [0.1, 0.15) is 30.2 Å². The summed E-state index contributed by atoms with van der Waals surface area (Å²) in [7, 11) is 0. The lowest BCUT2D eigenvalue weighted by molar-refractivity contribution is -0.0565. The molecule has 0 amide bonds. The Bertz CT molecular complexity index is 477. The van der Waals surface area contributed by atoms with Crippen molar-refractivity contribution >= 4 is 5.82 Å². The van der Waals surface area contributed by atoms with Gasteiger partial charge in [0.25, 0.3) is 0 Å². The molecule has 1 aliphatic rings. The average molecular weight is 257 g/mol. The average Bonchev–Trinajstić information content (AvgIpc) is 2.64. The first kappa shape index (κ1) is 13.0. The number of nitrogens with zero attached hydrogens (tertiary/aromatic N) is 2. The summed E-state index contributed by atoms with van der Waals surface area (Å²) < 4.78 is 6.22. The van der Waals surface area contributed by atoms with Crippen molar-refractivity contribution in [3.8, 4) is 0 Å². The van der Waals surface area contributed by atoms with E-state index in [1.807, 2.05) is 0 Å². The van der Waals surface area contributed by atoms with Gasteiger partial charge in [0.05, 0.1) is 13.2 Å². The predicted octanol–water partition coefficient (Wildman–Crippen LogP) is -2.69. The summed E-state index contributed by atoms with van der Waals surface area (Å²) in [4.78, 5) is 15.0. The van der Waals surface area contributed by atoms with Crippen molar-refractivity contribution in [3.63, 3.8) is 0 Å². The highest BCUT2D eigenvalue weighted by Crippen LogP contribution is 2.18. The molecule has 0 radical (unpaired) electrons. The Morgan fingerprint density at radius 1 is 1.61 bits per heavy atom. The molecule has 2 heterocycles. The van der Waals surface area contributed by atoms with Gasteiger partial charge in [-0.1, -0.05) is 0 Å². The SMILES string of the molecule is Nc1ccn(C[C@@H](O)[C@H]2OC[C@@H](O)[C@H]2O)c(=O)n1. The van der Waals surface area contributed by atoms with Crippen LogP contribution in [-0.4, -0.2) is 55.9 Å². The van der Waals surface area contributed by atoms with E-state index in [1.54, 1.807) is 0 Å². The van der Waals surface area contributed by atoms with Gasteiger partial charge in [0.2, 0.25) is 0 Å². The summed E-state index contributed by atoms with van der Waals surface area (Å²) in [5.74, 6) is 0.0957. The molecular weight excluding hydrogens is 242 g/mol. The van der Waals surface area contributed by atoms with Gasteiger partial charge >= 0.3 is 5.69 Å². The first-order chi connectivity index (χ1) is 8.49. The Labute approximate surface area is 102 Å². The summed E-state index contributed by atoms with van der Waals surface area (Å²) in [6, 6.07) is 1.43. The molecule has 0 saturated carbocycles. The molecule has 0 unspecified atom stereocenters. The molecule has 1 saturated heterocycles. The zero-order valence-electron chi connectivity index (χ0n) is 9.51. The number of aromatic nitrogens is 2. The number of rotatable bonds is 3. The van der Waals surface area contributed by atoms with Gasteiger partial charge in [-0.25, -0.2) is 4.79 Å². The number of ether oxygens (including phenoxy) is 1. The van der Waals surface area contributed by atoms with Crippen molar-refractivity contribution in [1.82, 2.24) is 9.55 Å². The highest BCUT2D eigenvalue weighted by molar-refractivity contribution is 5.23. The van der Waals surface area contributed by atoms with Crippen LogP contribution in [0.15, 0.2) is 17.1 Å². The zero-order chi connectivity index (χ0) is 13.3. The van der Waals surface area contributed by atoms with E-state index in [-0.39, 0.29) is 19.0 Å². The fourth-order valence-electron chi connectivity index (χ4n) is 1.85. The van der Waals surface area contributed by atoms with Crippen LogP contribution in [0.1, 0.15) is 0 Å². The van der Waals surface area contributed by atoms with Gasteiger partial charge < -0.3 is 25.8 Å². The van der Waals surface area contributed by atoms with E-state index in [9.17, 15) is 20.1 Å². The fraction of sp³-hybridized carbons (Fsp3) is 0.600. The third kappa shape index (κ3) is 2.51. The lowest BCUT2D eigenvalue weighted by atomic mass is 10.1. The van der Waals surface area contributed by atoms with Crippen LogP contribution in [0.4, 0.5) is 5.82 Å². The number of hydrogen-bond donors (Lipinski definition) is 4. The van der Waals surface area contributed by atoms with Crippen molar-refractivity contribution in [2.24, 2.45) is 0 Å². The van der Waals surface area contributed by atoms with Crippen LogP contribution < -0.4 is 11.4 Å². The minimum atomic E-state index is -1.17. The molecule has 1 aromatic heterocycles. The van der Waals surface area contributed by atoms with Crippen molar-refractivity contribution in [3.05, 3.63) is 22.7 Å². The maximum Gasteiger partial charge on any atom is 0.349 e. The van der Waals surface area contributed by atoms with Crippen LogP contribution in [0.2, 0.25) is 0 Å². The highest BCUT2D eigenvalue weighted by Gasteiger charge is 2.39. The lowest BCUT2D eigenvalue weighted by Gasteiger charge is -2.21. The molecule has 2 rings (SSSR count). The Morgan fingerprint density at radius 3 is 2.89 bits per heavy atom. The highest BCUT2D eigenvalue weighted by atomic mass is 16.5. The molecule has 0 spiro atoms. The first-order valence-electron chi connectivity index (χ1n) is 5.48. The summed E-state index contributed by atoms with van der Waals surface area (Å²) in [6.45, 7) is -0.141. The van der Waals surface area contributed by atoms with Crippen LogP contribution in [0.25, 0.3) is 0 Å². The zero-order valence-corrected chi connectivity index (χ0v) is 9.51. The predicted molar refractivity (Wildman–Crippen MR) is 60.7 cm³/mol. The van der Waals surface area contributed by atoms with E-state index >= 15 is 0 Å². The van der Waals surface area contributed by atoms with Gasteiger partial charge in [0.15, 0.2) is 0 Å². The Morgan fingerprint density at radius 2 is 2.33 bits per heavy atom. The summed E-state index contributed by atoms with van der Waals surface area (Å²) in [5, 5.41) is 28.7. The third-order valence-corrected chi connectivity index (χ3v) is 2.85. The molecule has 0 aliphatic carbocycles. The quantitative estimate of drug-likeness (QED) is 0.463. The van der Waals surface area contributed by atoms with Crippen molar-refractivity contribution in [2.45, 2.75) is 31.0 Å². The number of nitrogens with two attached hydrogens (primary N) is 1. The molecule has 5 N–H and O–H groups in total. The van der Waals surface area contributed by atoms with Crippen molar-refractivity contribution < 1.29 is 20.1 Å². The number of aliphatic hydroxyl groups is 3. The summed E-state index contributed by atoms with van der Waals surface area (Å²) in [6.07, 6.45) is -2.85. The molecule has 1 aromatic rings. The maximum atomic E-state index is 11.4. The van der Waals surface area contributed by atoms with Crippen LogP contribution in [-0.2, 0) is 11.3 Å². The molecule has 0 aromatic carbocycles. The minimum absolute atomic E-state index is 0.0439. The van der Waals surface area contributed by atoms with Gasteiger partial charge in [-0.2, -0.15) is 4.98 Å². The molecule has 18 heavy (non-hydrogen) atoms. The van der Waals surface area contributed by atoms with E-state index < -0.39 is 30.1 Å². The number of nitrogen functional groups attached to an aromatic ring is 1. The molecule has 8 nitrogen and oxygen atoms in total. The van der Waals surface area contributed by atoms with E-state index in [0.29, 0.717) is 0 Å². The smallest absolute Gasteiger partial charge is 0.349 e. The van der Waals surface area contributed by atoms with E-state index in [0.717, 1.165) is 4.57 Å². The van der Waals surface area contributed by atoms with Gasteiger partial charge in [-0.05, 0) is 6.07 Å². The Balaban J connectivity index is 2.07. The largest absolute Gasteiger partial charge is 0.388 e. The van der Waals surface area contributed by atoms with Crippen LogP contribution in [0.3, 0.4) is 0 Å². The summed E-state index contributed by atoms with van der Waals surface area (Å²) >= 11 is 0. The fourth-order valence-corrected chi connectivity index (χ4v) is 1.85. The molecule has 1 fully saturated rings. The first-order valence-corrected chi connectivity index (χ1v) is 5.48. The third-order valence-electron chi connectivity index (χ3n) is 2.85. The van der Waals surface area contributed by atoms with E-state index in [4.69, 9.17) is 10.5 Å². The standard InChI is InChI=1S/C10H15N3O5/c11-7-1-2-13(10(17)12-7)3-5(14)9-8(16)6(15)4-18-9/h1-2,5-6,8-9,14-16H,3-4H2,(H2,11,12,17)/t5-,6-,8-,9-/m1/s1. The van der Waals surface area contributed by atoms with Crippen LogP contribution in [0.5, 0.6) is 0 Å². The van der Waals surface area contributed by atoms with Crippen LogP contribution >= 0.6 is 0 Å². The van der Waals surface area contributed by atoms with Crippen molar-refractivity contribution in [2.75, 3.05) is 12.3 Å². The lowest BCUT2D eigenvalue weighted by Crippen LogP contribution is -2.42. The molecule has 0 bridgehead atoms. The second-order valence-electron chi connectivity index (χ2n) is 4.21. The number of anilines is 1. The van der Waals surface area contributed by atoms with E-state index in [2.05, 4.69) is 4.98 Å². The molecule has 4 atom stereocenters.